The number of hydrogen-bond donors (Lipinski definition) is 3. The van der Waals surface area contributed by atoms with Crippen LogP contribution in [-0.2, 0) is 12.8 Å². The minimum absolute atomic E-state index is 0.150. The van der Waals surface area contributed by atoms with Crippen molar-refractivity contribution in [3.63, 3.8) is 0 Å². The molecular weight excluding hydrogens is 316 g/mol. The van der Waals surface area contributed by atoms with Crippen LogP contribution < -0.4 is 5.43 Å². The second-order valence-electron chi connectivity index (χ2n) is 5.88. The largest absolute Gasteiger partial charge is 0.508 e. The van der Waals surface area contributed by atoms with Crippen molar-refractivity contribution in [1.29, 1.82) is 0 Å². The molecule has 4 rings (SSSR count). The highest BCUT2D eigenvalue weighted by Gasteiger charge is 2.24. The van der Waals surface area contributed by atoms with Gasteiger partial charge >= 0.3 is 0 Å². The molecule has 0 atom stereocenters. The molecule has 1 aliphatic rings. The van der Waals surface area contributed by atoms with E-state index >= 15 is 0 Å². The first-order chi connectivity index (χ1) is 12.2. The number of aromatic amines is 1. The molecule has 0 saturated carbocycles. The smallest absolute Gasteiger partial charge is 0.289 e. The number of carbonyl (C=O) groups is 1. The number of hydrazone groups is 1. The molecule has 0 fully saturated rings. The molecule has 0 spiro atoms. The Bertz CT molecular complexity index is 975. The number of hydrogen-bond acceptors (Lipinski definition) is 4. The van der Waals surface area contributed by atoms with Gasteiger partial charge in [-0.2, -0.15) is 10.2 Å². The molecule has 1 amide bonds. The fraction of sp³-hybridized carbons (Fsp3) is 0.105. The van der Waals surface area contributed by atoms with Crippen molar-refractivity contribution >= 4 is 12.1 Å². The van der Waals surface area contributed by atoms with Crippen molar-refractivity contribution in [3.05, 3.63) is 70.9 Å². The van der Waals surface area contributed by atoms with Crippen molar-refractivity contribution in [2.24, 2.45) is 5.10 Å². The highest BCUT2D eigenvalue weighted by atomic mass is 16.3. The van der Waals surface area contributed by atoms with Crippen LogP contribution in [0.25, 0.3) is 11.3 Å². The zero-order chi connectivity index (χ0) is 17.2. The van der Waals surface area contributed by atoms with E-state index in [1.165, 1.54) is 11.8 Å². The van der Waals surface area contributed by atoms with E-state index in [2.05, 4.69) is 26.8 Å². The summed E-state index contributed by atoms with van der Waals surface area (Å²) in [5.41, 5.74) is 7.72. The van der Waals surface area contributed by atoms with Crippen molar-refractivity contribution in [2.75, 3.05) is 0 Å². The maximum absolute atomic E-state index is 12.4. The summed E-state index contributed by atoms with van der Waals surface area (Å²) in [5, 5.41) is 20.5. The first kappa shape index (κ1) is 15.1. The molecule has 3 aromatic rings. The number of nitrogens with one attached hydrogen (secondary N) is 2. The van der Waals surface area contributed by atoms with Gasteiger partial charge in [-0.1, -0.05) is 36.4 Å². The molecule has 0 aliphatic heterocycles. The van der Waals surface area contributed by atoms with Gasteiger partial charge in [0.05, 0.1) is 11.9 Å². The molecule has 1 heterocycles. The van der Waals surface area contributed by atoms with Crippen molar-refractivity contribution < 1.29 is 9.90 Å². The van der Waals surface area contributed by atoms with Crippen LogP contribution in [0.3, 0.4) is 0 Å². The summed E-state index contributed by atoms with van der Waals surface area (Å²) in [6.07, 6.45) is 3.13. The summed E-state index contributed by atoms with van der Waals surface area (Å²) in [4.78, 5) is 12.4. The van der Waals surface area contributed by atoms with Crippen molar-refractivity contribution in [3.8, 4) is 17.0 Å². The van der Waals surface area contributed by atoms with Crippen LogP contribution in [-0.4, -0.2) is 27.4 Å². The summed E-state index contributed by atoms with van der Waals surface area (Å²) >= 11 is 0. The van der Waals surface area contributed by atoms with Crippen LogP contribution in [0.2, 0.25) is 0 Å². The minimum atomic E-state index is -0.329. The Morgan fingerprint density at radius 1 is 1.20 bits per heavy atom. The third-order valence-corrected chi connectivity index (χ3v) is 4.26. The highest BCUT2D eigenvalue weighted by Crippen LogP contribution is 2.33. The number of fused-ring (bicyclic) bond motifs is 3. The van der Waals surface area contributed by atoms with Gasteiger partial charge in [-0.3, -0.25) is 9.89 Å². The Morgan fingerprint density at radius 3 is 2.96 bits per heavy atom. The Balaban J connectivity index is 1.54. The number of amides is 1. The molecule has 1 aliphatic carbocycles. The van der Waals surface area contributed by atoms with Crippen LogP contribution in [0.4, 0.5) is 0 Å². The molecule has 0 unspecified atom stereocenters. The topological polar surface area (TPSA) is 90.4 Å². The average molecular weight is 332 g/mol. The van der Waals surface area contributed by atoms with Gasteiger partial charge in [0.1, 0.15) is 11.4 Å². The fourth-order valence-corrected chi connectivity index (χ4v) is 3.07. The maximum atomic E-state index is 12.4. The fourth-order valence-electron chi connectivity index (χ4n) is 3.07. The van der Waals surface area contributed by atoms with E-state index in [1.807, 2.05) is 18.2 Å². The van der Waals surface area contributed by atoms with Gasteiger partial charge in [-0.25, -0.2) is 5.43 Å². The van der Waals surface area contributed by atoms with Crippen molar-refractivity contribution in [1.82, 2.24) is 15.6 Å². The molecule has 25 heavy (non-hydrogen) atoms. The van der Waals surface area contributed by atoms with Gasteiger partial charge in [0.25, 0.3) is 5.91 Å². The average Bonchev–Trinajstić information content (AvgIpc) is 3.06. The van der Waals surface area contributed by atoms with E-state index < -0.39 is 0 Å². The Labute approximate surface area is 144 Å². The lowest BCUT2D eigenvalue weighted by molar-refractivity contribution is 0.0949. The monoisotopic (exact) mass is 332 g/mol. The van der Waals surface area contributed by atoms with Gasteiger partial charge in [0.2, 0.25) is 0 Å². The van der Waals surface area contributed by atoms with Gasteiger partial charge < -0.3 is 5.11 Å². The number of benzene rings is 2. The number of phenolic OH excluding ortho intramolecular Hbond substituents is 1. The van der Waals surface area contributed by atoms with Crippen LogP contribution in [0.1, 0.15) is 27.2 Å². The van der Waals surface area contributed by atoms with Crippen LogP contribution in [0.15, 0.2) is 53.6 Å². The maximum Gasteiger partial charge on any atom is 0.289 e. The number of aryl methyl sites for hydroxylation is 1. The molecule has 0 bridgehead atoms. The quantitative estimate of drug-likeness (QED) is 0.509. The standard InChI is InChI=1S/C19H16N4O2/c24-14-6-3-4-12(10-14)11-20-23-19(25)18-16-9-8-13-5-1-2-7-15(13)17(16)21-22-18/h1-7,10-11,24H,8-9H2,(H,21,22)(H,23,25)/b20-11-. The zero-order valence-corrected chi connectivity index (χ0v) is 13.4. The second-order valence-corrected chi connectivity index (χ2v) is 5.88. The Kier molecular flexibility index (Phi) is 3.78. The molecule has 6 nitrogen and oxygen atoms in total. The van der Waals surface area contributed by atoms with E-state index in [0.717, 1.165) is 29.7 Å². The van der Waals surface area contributed by atoms with Crippen LogP contribution in [0.5, 0.6) is 5.75 Å². The summed E-state index contributed by atoms with van der Waals surface area (Å²) in [6.45, 7) is 0. The third-order valence-electron chi connectivity index (χ3n) is 4.26. The van der Waals surface area contributed by atoms with E-state index in [1.54, 1.807) is 24.3 Å². The first-order valence-electron chi connectivity index (χ1n) is 8.00. The number of aromatic hydroxyl groups is 1. The molecule has 124 valence electrons. The van der Waals surface area contributed by atoms with Gasteiger partial charge in [-0.15, -0.1) is 0 Å². The number of H-pyrrole nitrogens is 1. The molecule has 3 N–H and O–H groups in total. The van der Waals surface area contributed by atoms with E-state index in [4.69, 9.17) is 0 Å². The van der Waals surface area contributed by atoms with E-state index in [-0.39, 0.29) is 11.7 Å². The zero-order valence-electron chi connectivity index (χ0n) is 13.4. The second kappa shape index (κ2) is 6.24. The predicted octanol–water partition coefficient (Wildman–Crippen LogP) is 2.64. The SMILES string of the molecule is O=C(N/N=C\c1cccc(O)c1)c1[nH]nc2c1CCc1ccccc1-2. The van der Waals surface area contributed by atoms with E-state index in [0.29, 0.717) is 11.3 Å². The van der Waals surface area contributed by atoms with Gasteiger partial charge in [0, 0.05) is 11.1 Å². The summed E-state index contributed by atoms with van der Waals surface area (Å²) in [7, 11) is 0. The summed E-state index contributed by atoms with van der Waals surface area (Å²) < 4.78 is 0. The number of carbonyl (C=O) groups excluding carboxylic acids is 1. The first-order valence-corrected chi connectivity index (χ1v) is 8.00. The molecule has 6 heteroatoms. The highest BCUT2D eigenvalue weighted by molar-refractivity contribution is 5.96. The lowest BCUT2D eigenvalue weighted by atomic mass is 9.89. The van der Waals surface area contributed by atoms with E-state index in [9.17, 15) is 9.90 Å². The van der Waals surface area contributed by atoms with Crippen molar-refractivity contribution in [2.45, 2.75) is 12.8 Å². The predicted molar refractivity (Wildman–Crippen MR) is 94.6 cm³/mol. The third kappa shape index (κ3) is 2.89. The summed E-state index contributed by atoms with van der Waals surface area (Å²) in [6, 6.07) is 14.7. The molecule has 2 aromatic carbocycles. The Hall–Kier alpha value is -3.41. The van der Waals surface area contributed by atoms with Gasteiger partial charge in [-0.05, 0) is 36.1 Å². The molecular formula is C19H16N4O2. The summed E-state index contributed by atoms with van der Waals surface area (Å²) in [5.74, 6) is -0.180. The normalized spacial score (nSPS) is 12.6. The lowest BCUT2D eigenvalue weighted by Crippen LogP contribution is -2.20. The number of nitrogens with zero attached hydrogens (tertiary/aromatic N) is 2. The minimum Gasteiger partial charge on any atom is -0.508 e. The number of rotatable bonds is 3. The Morgan fingerprint density at radius 2 is 2.08 bits per heavy atom. The van der Waals surface area contributed by atoms with Crippen LogP contribution in [0, 0.1) is 0 Å². The van der Waals surface area contributed by atoms with Crippen LogP contribution >= 0.6 is 0 Å². The number of aromatic nitrogens is 2. The number of phenols is 1. The molecule has 0 radical (unpaired) electrons. The molecule has 0 saturated heterocycles. The molecule has 1 aromatic heterocycles. The van der Waals surface area contributed by atoms with Gasteiger partial charge in [0.15, 0.2) is 0 Å². The lowest BCUT2D eigenvalue weighted by Gasteiger charge is -2.15.